The lowest BCUT2D eigenvalue weighted by molar-refractivity contribution is -0.139. The Morgan fingerprint density at radius 1 is 1.07 bits per heavy atom. The molecule has 0 N–H and O–H groups in total. The molecule has 44 heavy (non-hydrogen) atoms. The first-order valence-electron chi connectivity index (χ1n) is 13.8. The van der Waals surface area contributed by atoms with Crippen LogP contribution in [-0.2, 0) is 16.1 Å². The first-order chi connectivity index (χ1) is 21.1. The number of benzene rings is 3. The highest BCUT2D eigenvalue weighted by atomic mass is 35.5. The molecule has 0 radical (unpaired) electrons. The van der Waals surface area contributed by atoms with Crippen molar-refractivity contribution in [3.63, 3.8) is 0 Å². The monoisotopic (exact) mass is 651 g/mol. The molecule has 0 saturated carbocycles. The SMILES string of the molecule is CCOC(=O)C1=C(C)N=c2s/c(=C\c3ccc(OCc4ccc(Cl)cc4Cl)c(OC)c3)c(=O)n2C1c1ccc(N(C)C)cc1. The third kappa shape index (κ3) is 6.40. The molecule has 5 rings (SSSR count). The molecular formula is C33H31Cl2N3O5S. The summed E-state index contributed by atoms with van der Waals surface area (Å²) < 4.78 is 19.0. The summed E-state index contributed by atoms with van der Waals surface area (Å²) in [6.45, 7) is 3.95. The topological polar surface area (TPSA) is 82.4 Å². The fourth-order valence-corrected chi connectivity index (χ4v) is 6.41. The molecule has 1 unspecified atom stereocenters. The maximum Gasteiger partial charge on any atom is 0.338 e. The fourth-order valence-electron chi connectivity index (χ4n) is 4.90. The summed E-state index contributed by atoms with van der Waals surface area (Å²) in [6, 6.07) is 17.7. The summed E-state index contributed by atoms with van der Waals surface area (Å²) in [6.07, 6.45) is 1.78. The average Bonchev–Trinajstić information content (AvgIpc) is 3.30. The van der Waals surface area contributed by atoms with E-state index in [2.05, 4.69) is 4.99 Å². The Hall–Kier alpha value is -4.05. The van der Waals surface area contributed by atoms with E-state index in [1.165, 1.54) is 11.3 Å². The Bertz CT molecular complexity index is 1930. The molecule has 8 nitrogen and oxygen atoms in total. The summed E-state index contributed by atoms with van der Waals surface area (Å²) in [5, 5.41) is 1.06. The van der Waals surface area contributed by atoms with Gasteiger partial charge in [0.05, 0.1) is 35.6 Å². The highest BCUT2D eigenvalue weighted by Gasteiger charge is 2.33. The number of methoxy groups -OCH3 is 1. The van der Waals surface area contributed by atoms with Gasteiger partial charge in [-0.15, -0.1) is 0 Å². The van der Waals surface area contributed by atoms with Gasteiger partial charge in [-0.05, 0) is 67.4 Å². The molecule has 0 fully saturated rings. The highest BCUT2D eigenvalue weighted by Crippen LogP contribution is 2.33. The third-order valence-corrected chi connectivity index (χ3v) is 8.70. The van der Waals surface area contributed by atoms with E-state index in [0.29, 0.717) is 42.1 Å². The van der Waals surface area contributed by atoms with Crippen LogP contribution in [0.3, 0.4) is 0 Å². The van der Waals surface area contributed by atoms with Crippen molar-refractivity contribution in [2.24, 2.45) is 4.99 Å². The van der Waals surface area contributed by atoms with E-state index < -0.39 is 12.0 Å². The number of nitrogens with zero attached hydrogens (tertiary/aromatic N) is 3. The number of carbonyl (C=O) groups excluding carboxylic acids is 1. The predicted molar refractivity (Wildman–Crippen MR) is 175 cm³/mol. The van der Waals surface area contributed by atoms with Crippen LogP contribution in [0.1, 0.15) is 36.6 Å². The number of aromatic nitrogens is 1. The third-order valence-electron chi connectivity index (χ3n) is 7.13. The van der Waals surface area contributed by atoms with E-state index in [0.717, 1.165) is 22.4 Å². The average molecular weight is 653 g/mol. The van der Waals surface area contributed by atoms with Gasteiger partial charge in [0.15, 0.2) is 16.3 Å². The number of allylic oxidation sites excluding steroid dienone is 1. The molecule has 1 aliphatic heterocycles. The van der Waals surface area contributed by atoms with Crippen molar-refractivity contribution in [1.82, 2.24) is 4.57 Å². The maximum absolute atomic E-state index is 14.0. The van der Waals surface area contributed by atoms with Crippen molar-refractivity contribution in [1.29, 1.82) is 0 Å². The number of ether oxygens (including phenoxy) is 3. The summed E-state index contributed by atoms with van der Waals surface area (Å²) in [4.78, 5) is 34.3. The van der Waals surface area contributed by atoms with Crippen molar-refractivity contribution < 1.29 is 19.0 Å². The number of halogens is 2. The quantitative estimate of drug-likeness (QED) is 0.214. The van der Waals surface area contributed by atoms with Crippen molar-refractivity contribution >= 4 is 52.3 Å². The number of esters is 1. The second-order valence-electron chi connectivity index (χ2n) is 10.2. The molecule has 0 saturated heterocycles. The number of rotatable bonds is 9. The molecule has 1 atom stereocenters. The molecule has 0 spiro atoms. The minimum atomic E-state index is -0.686. The first kappa shape index (κ1) is 31.4. The summed E-state index contributed by atoms with van der Waals surface area (Å²) >= 11 is 13.6. The minimum absolute atomic E-state index is 0.209. The lowest BCUT2D eigenvalue weighted by Crippen LogP contribution is -2.39. The van der Waals surface area contributed by atoms with Crippen LogP contribution in [0.15, 0.2) is 81.7 Å². The van der Waals surface area contributed by atoms with E-state index in [-0.39, 0.29) is 18.8 Å². The number of thiazole rings is 1. The Labute approximate surface area is 269 Å². The molecular weight excluding hydrogens is 621 g/mol. The maximum atomic E-state index is 14.0. The molecule has 2 heterocycles. The summed E-state index contributed by atoms with van der Waals surface area (Å²) in [5.41, 5.74) is 3.89. The highest BCUT2D eigenvalue weighted by molar-refractivity contribution is 7.07. The number of carbonyl (C=O) groups is 1. The van der Waals surface area contributed by atoms with Crippen LogP contribution in [0.25, 0.3) is 6.08 Å². The second kappa shape index (κ2) is 13.3. The van der Waals surface area contributed by atoms with Crippen LogP contribution in [0.2, 0.25) is 10.0 Å². The van der Waals surface area contributed by atoms with Gasteiger partial charge in [0.1, 0.15) is 6.61 Å². The summed E-state index contributed by atoms with van der Waals surface area (Å²) in [5.74, 6) is 0.522. The molecule has 0 amide bonds. The van der Waals surface area contributed by atoms with Gasteiger partial charge in [0.25, 0.3) is 5.56 Å². The van der Waals surface area contributed by atoms with Crippen LogP contribution in [-0.4, -0.2) is 38.3 Å². The van der Waals surface area contributed by atoms with E-state index in [1.54, 1.807) is 55.9 Å². The van der Waals surface area contributed by atoms with Crippen molar-refractivity contribution in [2.75, 3.05) is 32.7 Å². The number of anilines is 1. The molecule has 3 aromatic carbocycles. The largest absolute Gasteiger partial charge is 0.493 e. The van der Waals surface area contributed by atoms with E-state index in [9.17, 15) is 9.59 Å². The Balaban J connectivity index is 1.53. The molecule has 228 valence electrons. The van der Waals surface area contributed by atoms with Gasteiger partial charge in [-0.2, -0.15) is 0 Å². The number of hydrogen-bond donors (Lipinski definition) is 0. The predicted octanol–water partition coefficient (Wildman–Crippen LogP) is 5.76. The Morgan fingerprint density at radius 2 is 1.82 bits per heavy atom. The van der Waals surface area contributed by atoms with Crippen molar-refractivity contribution in [2.45, 2.75) is 26.5 Å². The summed E-state index contributed by atoms with van der Waals surface area (Å²) in [7, 11) is 5.46. The number of fused-ring (bicyclic) bond motifs is 1. The zero-order valence-corrected chi connectivity index (χ0v) is 27.2. The zero-order chi connectivity index (χ0) is 31.5. The molecule has 1 aromatic heterocycles. The molecule has 0 bridgehead atoms. The van der Waals surface area contributed by atoms with Gasteiger partial charge >= 0.3 is 5.97 Å². The molecule has 11 heteroatoms. The molecule has 0 aliphatic carbocycles. The van der Waals surface area contributed by atoms with Crippen molar-refractivity contribution in [3.8, 4) is 11.5 Å². The van der Waals surface area contributed by atoms with E-state index in [1.807, 2.05) is 55.4 Å². The Morgan fingerprint density at radius 3 is 2.48 bits per heavy atom. The molecule has 1 aliphatic rings. The zero-order valence-electron chi connectivity index (χ0n) is 24.9. The minimum Gasteiger partial charge on any atom is -0.493 e. The van der Waals surface area contributed by atoms with Gasteiger partial charge in [-0.1, -0.05) is 58.8 Å². The van der Waals surface area contributed by atoms with Crippen LogP contribution in [0.5, 0.6) is 11.5 Å². The van der Waals surface area contributed by atoms with Gasteiger partial charge < -0.3 is 19.1 Å². The molecule has 4 aromatic rings. The van der Waals surface area contributed by atoms with Crippen LogP contribution < -0.4 is 29.3 Å². The lowest BCUT2D eigenvalue weighted by Gasteiger charge is -2.25. The van der Waals surface area contributed by atoms with Gasteiger partial charge in [0.2, 0.25) is 0 Å². The lowest BCUT2D eigenvalue weighted by atomic mass is 9.95. The van der Waals surface area contributed by atoms with Crippen molar-refractivity contribution in [3.05, 3.63) is 118 Å². The van der Waals surface area contributed by atoms with E-state index in [4.69, 9.17) is 37.4 Å². The Kier molecular flexibility index (Phi) is 9.48. The van der Waals surface area contributed by atoms with E-state index >= 15 is 0 Å². The smallest absolute Gasteiger partial charge is 0.338 e. The first-order valence-corrected chi connectivity index (χ1v) is 15.4. The second-order valence-corrected chi connectivity index (χ2v) is 12.1. The number of hydrogen-bond acceptors (Lipinski definition) is 8. The van der Waals surface area contributed by atoms with Gasteiger partial charge in [-0.25, -0.2) is 9.79 Å². The van der Waals surface area contributed by atoms with Gasteiger partial charge in [-0.3, -0.25) is 9.36 Å². The standard InChI is InChI=1S/C33H31Cl2N3O5S/c1-6-42-32(40)29-19(2)36-33-38(30(29)21-9-12-24(13-10-21)37(3)4)31(39)28(44-33)16-20-7-14-26(27(15-20)41-5)43-18-22-8-11-23(34)17-25(22)35/h7-17,30H,6,18H2,1-5H3/b28-16-. The normalized spacial score (nSPS) is 14.6. The van der Waals surface area contributed by atoms with Crippen LogP contribution in [0.4, 0.5) is 5.69 Å². The van der Waals surface area contributed by atoms with Gasteiger partial charge in [0, 0.05) is 35.4 Å². The van der Waals surface area contributed by atoms with Crippen LogP contribution >= 0.6 is 34.5 Å². The van der Waals surface area contributed by atoms with Crippen LogP contribution in [0, 0.1) is 0 Å². The fraction of sp³-hybridized carbons (Fsp3) is 0.242.